The molecule has 0 unspecified atom stereocenters. The van der Waals surface area contributed by atoms with Gasteiger partial charge >= 0.3 is 5.97 Å². The van der Waals surface area contributed by atoms with Crippen LogP contribution < -0.4 is 0 Å². The third-order valence-electron chi connectivity index (χ3n) is 7.76. The number of ether oxygens (including phenoxy) is 1. The molecule has 0 aliphatic carbocycles. The Bertz CT molecular complexity index is 1160. The number of hydrogen-bond acceptors (Lipinski definition) is 4. The number of benzene rings is 2. The van der Waals surface area contributed by atoms with E-state index in [0.29, 0.717) is 19.6 Å². The molecule has 2 aromatic carbocycles. The first kappa shape index (κ1) is 27.3. The summed E-state index contributed by atoms with van der Waals surface area (Å²) in [6.07, 6.45) is 3.22. The number of amides is 1. The summed E-state index contributed by atoms with van der Waals surface area (Å²) in [5, 5.41) is 10.3. The molecule has 37 heavy (non-hydrogen) atoms. The number of carbonyl (C=O) groups is 2. The molecule has 2 aromatic rings. The number of aliphatic carboxylic acids is 1. The Kier molecular flexibility index (Phi) is 8.10. The van der Waals surface area contributed by atoms with Crippen LogP contribution in [0.2, 0.25) is 0 Å². The van der Waals surface area contributed by atoms with Crippen molar-refractivity contribution in [3.8, 4) is 11.1 Å². The summed E-state index contributed by atoms with van der Waals surface area (Å²) in [6, 6.07) is 8.24. The quantitative estimate of drug-likeness (QED) is 0.553. The number of carboxylic acid groups (broad SMARTS) is 1. The summed E-state index contributed by atoms with van der Waals surface area (Å²) in [5.41, 5.74) is 7.46. The maximum atomic E-state index is 13.3. The van der Waals surface area contributed by atoms with Crippen LogP contribution in [-0.4, -0.2) is 58.6 Å². The van der Waals surface area contributed by atoms with Gasteiger partial charge in [0, 0.05) is 18.7 Å². The molecule has 2 aliphatic rings. The van der Waals surface area contributed by atoms with Crippen molar-refractivity contribution in [1.82, 2.24) is 9.80 Å². The van der Waals surface area contributed by atoms with Crippen molar-refractivity contribution in [2.75, 3.05) is 26.2 Å². The number of fused-ring (bicyclic) bond motifs is 1. The van der Waals surface area contributed by atoms with Gasteiger partial charge in [0.05, 0.1) is 12.1 Å². The second-order valence-electron chi connectivity index (χ2n) is 11.7. The standard InChI is InChI=1S/C31H42N2O4/c1-20-10-12-23(13-11-20)27-22(3)25-18-33(26(34)19-32-15-8-7-9-16-32)17-14-24(25)21(2)28(27)29(30(35)36)37-31(4,5)6/h10-13,29H,7-9,14-19H2,1-6H3,(H,35,36)/t29-/m0/s1. The van der Waals surface area contributed by atoms with E-state index in [1.807, 2.05) is 39.5 Å². The summed E-state index contributed by atoms with van der Waals surface area (Å²) in [6.45, 7) is 15.5. The SMILES string of the molecule is Cc1ccc(-c2c(C)c3c(c(C)c2[C@H](OC(C)(C)C)C(=O)O)CCN(C(=O)CN2CCCCC2)C3)cc1. The van der Waals surface area contributed by atoms with Crippen molar-refractivity contribution in [2.24, 2.45) is 0 Å². The molecule has 6 heteroatoms. The van der Waals surface area contributed by atoms with Gasteiger partial charge in [-0.05, 0) is 107 Å². The predicted octanol–water partition coefficient (Wildman–Crippen LogP) is 5.59. The molecule has 0 aromatic heterocycles. The molecule has 200 valence electrons. The third-order valence-corrected chi connectivity index (χ3v) is 7.76. The zero-order valence-corrected chi connectivity index (χ0v) is 23.3. The van der Waals surface area contributed by atoms with Crippen molar-refractivity contribution in [3.05, 3.63) is 57.6 Å². The van der Waals surface area contributed by atoms with Gasteiger partial charge in [-0.15, -0.1) is 0 Å². The van der Waals surface area contributed by atoms with E-state index in [-0.39, 0.29) is 5.91 Å². The lowest BCUT2D eigenvalue weighted by atomic mass is 9.80. The Balaban J connectivity index is 1.79. The van der Waals surface area contributed by atoms with E-state index in [1.54, 1.807) is 0 Å². The van der Waals surface area contributed by atoms with Gasteiger partial charge in [-0.1, -0.05) is 36.2 Å². The summed E-state index contributed by atoms with van der Waals surface area (Å²) >= 11 is 0. The molecule has 1 saturated heterocycles. The van der Waals surface area contributed by atoms with Gasteiger partial charge < -0.3 is 14.7 Å². The van der Waals surface area contributed by atoms with E-state index >= 15 is 0 Å². The van der Waals surface area contributed by atoms with Gasteiger partial charge in [0.1, 0.15) is 0 Å². The van der Waals surface area contributed by atoms with Crippen LogP contribution in [0.4, 0.5) is 0 Å². The highest BCUT2D eigenvalue weighted by molar-refractivity contribution is 5.84. The molecule has 2 heterocycles. The molecule has 4 rings (SSSR count). The van der Waals surface area contributed by atoms with E-state index in [9.17, 15) is 14.7 Å². The fourth-order valence-electron chi connectivity index (χ4n) is 5.85. The highest BCUT2D eigenvalue weighted by Crippen LogP contribution is 2.42. The van der Waals surface area contributed by atoms with Gasteiger partial charge in [0.15, 0.2) is 6.10 Å². The average Bonchev–Trinajstić information content (AvgIpc) is 2.85. The first-order chi connectivity index (χ1) is 17.5. The largest absolute Gasteiger partial charge is 0.479 e. The fourth-order valence-corrected chi connectivity index (χ4v) is 5.85. The highest BCUT2D eigenvalue weighted by Gasteiger charge is 2.35. The highest BCUT2D eigenvalue weighted by atomic mass is 16.5. The number of piperidine rings is 1. The summed E-state index contributed by atoms with van der Waals surface area (Å²) in [4.78, 5) is 30.1. The van der Waals surface area contributed by atoms with Gasteiger partial charge in [0.25, 0.3) is 0 Å². The summed E-state index contributed by atoms with van der Waals surface area (Å²) < 4.78 is 6.17. The van der Waals surface area contributed by atoms with Gasteiger partial charge in [-0.25, -0.2) is 4.79 Å². The average molecular weight is 507 g/mol. The van der Waals surface area contributed by atoms with E-state index in [4.69, 9.17) is 4.74 Å². The van der Waals surface area contributed by atoms with Gasteiger partial charge in [-0.3, -0.25) is 9.69 Å². The van der Waals surface area contributed by atoms with Crippen molar-refractivity contribution in [3.63, 3.8) is 0 Å². The van der Waals surface area contributed by atoms with Crippen LogP contribution in [-0.2, 0) is 27.3 Å². The van der Waals surface area contributed by atoms with Crippen molar-refractivity contribution < 1.29 is 19.4 Å². The summed E-state index contributed by atoms with van der Waals surface area (Å²) in [7, 11) is 0. The smallest absolute Gasteiger partial charge is 0.337 e. The fraction of sp³-hybridized carbons (Fsp3) is 0.548. The molecule has 1 atom stereocenters. The Labute approximate surface area is 221 Å². The number of hydrogen-bond donors (Lipinski definition) is 1. The van der Waals surface area contributed by atoms with E-state index < -0.39 is 17.7 Å². The van der Waals surface area contributed by atoms with Crippen molar-refractivity contribution >= 4 is 11.9 Å². The molecular formula is C31H42N2O4. The number of aryl methyl sites for hydroxylation is 1. The number of rotatable bonds is 6. The van der Waals surface area contributed by atoms with Crippen LogP contribution in [0.25, 0.3) is 11.1 Å². The van der Waals surface area contributed by atoms with Gasteiger partial charge in [0.2, 0.25) is 5.91 Å². The predicted molar refractivity (Wildman–Crippen MR) is 147 cm³/mol. The van der Waals surface area contributed by atoms with Crippen LogP contribution in [0.3, 0.4) is 0 Å². The minimum absolute atomic E-state index is 0.185. The molecule has 1 fully saturated rings. The molecule has 6 nitrogen and oxygen atoms in total. The number of nitrogens with zero attached hydrogens (tertiary/aromatic N) is 2. The normalized spacial score (nSPS) is 17.4. The zero-order chi connectivity index (χ0) is 26.9. The van der Waals surface area contributed by atoms with Crippen LogP contribution in [0.5, 0.6) is 0 Å². The van der Waals surface area contributed by atoms with E-state index in [2.05, 4.69) is 36.1 Å². The Morgan fingerprint density at radius 2 is 1.59 bits per heavy atom. The first-order valence-electron chi connectivity index (χ1n) is 13.6. The van der Waals surface area contributed by atoms with Crippen molar-refractivity contribution in [2.45, 2.75) is 85.5 Å². The number of carboxylic acids is 1. The second kappa shape index (κ2) is 11.0. The first-order valence-corrected chi connectivity index (χ1v) is 13.6. The van der Waals surface area contributed by atoms with Crippen LogP contribution in [0, 0.1) is 20.8 Å². The minimum atomic E-state index is -1.08. The summed E-state index contributed by atoms with van der Waals surface area (Å²) in [5.74, 6) is -0.801. The lowest BCUT2D eigenvalue weighted by Crippen LogP contribution is -2.44. The lowest BCUT2D eigenvalue weighted by Gasteiger charge is -2.36. The minimum Gasteiger partial charge on any atom is -0.479 e. The molecule has 1 N–H and O–H groups in total. The van der Waals surface area contributed by atoms with Gasteiger partial charge in [-0.2, -0.15) is 0 Å². The Morgan fingerprint density at radius 3 is 2.19 bits per heavy atom. The monoisotopic (exact) mass is 506 g/mol. The molecule has 2 aliphatic heterocycles. The van der Waals surface area contributed by atoms with Crippen LogP contribution in [0.15, 0.2) is 24.3 Å². The second-order valence-corrected chi connectivity index (χ2v) is 11.7. The zero-order valence-electron chi connectivity index (χ0n) is 23.3. The lowest BCUT2D eigenvalue weighted by molar-refractivity contribution is -0.160. The number of carbonyl (C=O) groups excluding carboxylic acids is 1. The van der Waals surface area contributed by atoms with Crippen LogP contribution >= 0.6 is 0 Å². The van der Waals surface area contributed by atoms with E-state index in [1.165, 1.54) is 19.3 Å². The third kappa shape index (κ3) is 6.07. The molecule has 0 spiro atoms. The van der Waals surface area contributed by atoms with E-state index in [0.717, 1.165) is 64.0 Å². The Hall–Kier alpha value is -2.70. The molecule has 0 saturated carbocycles. The molecule has 0 bridgehead atoms. The number of likely N-dealkylation sites (tertiary alicyclic amines) is 1. The molecule has 0 radical (unpaired) electrons. The maximum absolute atomic E-state index is 13.3. The molecular weight excluding hydrogens is 464 g/mol. The maximum Gasteiger partial charge on any atom is 0.337 e. The van der Waals surface area contributed by atoms with Crippen molar-refractivity contribution in [1.29, 1.82) is 0 Å². The van der Waals surface area contributed by atoms with Crippen LogP contribution in [0.1, 0.15) is 79.5 Å². The Morgan fingerprint density at radius 1 is 0.946 bits per heavy atom. The molecule has 1 amide bonds. The topological polar surface area (TPSA) is 70.1 Å².